The van der Waals surface area contributed by atoms with Crippen molar-refractivity contribution in [3.05, 3.63) is 76.0 Å². The molecule has 6 nitrogen and oxygen atoms in total. The van der Waals surface area contributed by atoms with Gasteiger partial charge in [0.1, 0.15) is 22.8 Å². The van der Waals surface area contributed by atoms with Gasteiger partial charge in [-0.2, -0.15) is 0 Å². The van der Waals surface area contributed by atoms with Gasteiger partial charge in [-0.25, -0.2) is 0 Å². The number of carbonyl (C=O) groups excluding carboxylic acids is 2. The second-order valence-corrected chi connectivity index (χ2v) is 7.86. The molecule has 1 fully saturated rings. The molecular weight excluding hydrogens is 471 g/mol. The van der Waals surface area contributed by atoms with Gasteiger partial charge in [-0.1, -0.05) is 35.3 Å². The summed E-state index contributed by atoms with van der Waals surface area (Å²) in [6.07, 6.45) is 1.36. The molecule has 2 amide bonds. The molecule has 0 unspecified atom stereocenters. The zero-order chi connectivity index (χ0) is 22.8. The monoisotopic (exact) mass is 486 g/mol. The van der Waals surface area contributed by atoms with Gasteiger partial charge in [0.2, 0.25) is 0 Å². The van der Waals surface area contributed by atoms with Crippen molar-refractivity contribution in [3.8, 4) is 17.1 Å². The molecule has 1 aliphatic heterocycles. The third-order valence-electron chi connectivity index (χ3n) is 4.62. The zero-order valence-electron chi connectivity index (χ0n) is 16.7. The normalized spacial score (nSPS) is 15.3. The minimum atomic E-state index is -0.615. The van der Waals surface area contributed by atoms with E-state index >= 15 is 0 Å². The number of rotatable bonds is 5. The van der Waals surface area contributed by atoms with Gasteiger partial charge in [-0.05, 0) is 61.6 Å². The second-order valence-electron chi connectivity index (χ2n) is 6.69. The number of nitrogens with zero attached hydrogens (tertiary/aromatic N) is 1. The number of hydrogen-bond acceptors (Lipinski definition) is 5. The lowest BCUT2D eigenvalue weighted by molar-refractivity contribution is -0.122. The molecule has 32 heavy (non-hydrogen) atoms. The lowest BCUT2D eigenvalue weighted by Gasteiger charge is -2.29. The maximum absolute atomic E-state index is 13.2. The SMILES string of the molecule is CCOc1cccc(N2C(=O)/C(=C\c3ccc(-c4cccc(Cl)c4Cl)o3)C(=O)NC2=S)c1. The van der Waals surface area contributed by atoms with Gasteiger partial charge < -0.3 is 9.15 Å². The molecule has 1 aromatic heterocycles. The summed E-state index contributed by atoms with van der Waals surface area (Å²) in [7, 11) is 0. The van der Waals surface area contributed by atoms with E-state index in [1.807, 2.05) is 6.92 Å². The van der Waals surface area contributed by atoms with Crippen molar-refractivity contribution in [2.45, 2.75) is 6.92 Å². The minimum absolute atomic E-state index is 0.0170. The average molecular weight is 487 g/mol. The van der Waals surface area contributed by atoms with Gasteiger partial charge in [-0.15, -0.1) is 0 Å². The summed E-state index contributed by atoms with van der Waals surface area (Å²) in [5.41, 5.74) is 0.944. The number of hydrogen-bond donors (Lipinski definition) is 1. The summed E-state index contributed by atoms with van der Waals surface area (Å²) in [4.78, 5) is 26.9. The van der Waals surface area contributed by atoms with Crippen molar-refractivity contribution >= 4 is 64.1 Å². The minimum Gasteiger partial charge on any atom is -0.494 e. The fraction of sp³-hybridized carbons (Fsp3) is 0.0870. The molecule has 1 N–H and O–H groups in total. The number of benzene rings is 2. The molecule has 9 heteroatoms. The van der Waals surface area contributed by atoms with E-state index < -0.39 is 11.8 Å². The van der Waals surface area contributed by atoms with E-state index in [-0.39, 0.29) is 10.7 Å². The predicted molar refractivity (Wildman–Crippen MR) is 128 cm³/mol. The smallest absolute Gasteiger partial charge is 0.270 e. The molecule has 0 bridgehead atoms. The molecular formula is C23H16Cl2N2O4S. The Kier molecular flexibility index (Phi) is 6.32. The number of thiocarbonyl (C=S) groups is 1. The van der Waals surface area contributed by atoms with E-state index in [1.165, 1.54) is 11.0 Å². The predicted octanol–water partition coefficient (Wildman–Crippen LogP) is 5.48. The van der Waals surface area contributed by atoms with Gasteiger partial charge >= 0.3 is 0 Å². The van der Waals surface area contributed by atoms with Crippen LogP contribution < -0.4 is 15.0 Å². The topological polar surface area (TPSA) is 71.8 Å². The Morgan fingerprint density at radius 3 is 2.69 bits per heavy atom. The first-order valence-electron chi connectivity index (χ1n) is 9.57. The second kappa shape index (κ2) is 9.16. The summed E-state index contributed by atoms with van der Waals surface area (Å²) in [6, 6.07) is 15.4. The number of nitrogens with one attached hydrogen (secondary N) is 1. The number of ether oxygens (including phenoxy) is 1. The Bertz CT molecular complexity index is 1270. The summed E-state index contributed by atoms with van der Waals surface area (Å²) in [5, 5.41) is 3.26. The van der Waals surface area contributed by atoms with E-state index in [1.54, 1.807) is 54.6 Å². The zero-order valence-corrected chi connectivity index (χ0v) is 19.1. The van der Waals surface area contributed by atoms with E-state index in [0.717, 1.165) is 0 Å². The molecule has 2 heterocycles. The van der Waals surface area contributed by atoms with Crippen LogP contribution in [0.1, 0.15) is 12.7 Å². The van der Waals surface area contributed by atoms with Crippen LogP contribution in [0, 0.1) is 0 Å². The number of halogens is 2. The van der Waals surface area contributed by atoms with E-state index in [9.17, 15) is 9.59 Å². The van der Waals surface area contributed by atoms with Crippen LogP contribution in [0.2, 0.25) is 10.0 Å². The maximum Gasteiger partial charge on any atom is 0.270 e. The van der Waals surface area contributed by atoms with Crippen LogP contribution in [0.25, 0.3) is 17.4 Å². The molecule has 0 radical (unpaired) electrons. The lowest BCUT2D eigenvalue weighted by atomic mass is 10.1. The molecule has 1 saturated heterocycles. The van der Waals surface area contributed by atoms with E-state index in [0.29, 0.717) is 45.2 Å². The van der Waals surface area contributed by atoms with Crippen molar-refractivity contribution < 1.29 is 18.7 Å². The Morgan fingerprint density at radius 2 is 1.91 bits per heavy atom. The number of carbonyl (C=O) groups is 2. The highest BCUT2D eigenvalue weighted by Gasteiger charge is 2.35. The first-order valence-corrected chi connectivity index (χ1v) is 10.7. The molecule has 162 valence electrons. The molecule has 1 aliphatic rings. The summed E-state index contributed by atoms with van der Waals surface area (Å²) in [5.74, 6) is 0.134. The molecule has 3 aromatic rings. The molecule has 0 saturated carbocycles. The van der Waals surface area contributed by atoms with Crippen LogP contribution in [-0.4, -0.2) is 23.5 Å². The fourth-order valence-electron chi connectivity index (χ4n) is 3.18. The van der Waals surface area contributed by atoms with Crippen LogP contribution in [0.15, 0.2) is 64.6 Å². The number of amides is 2. The van der Waals surface area contributed by atoms with Gasteiger partial charge in [0.15, 0.2) is 5.11 Å². The van der Waals surface area contributed by atoms with Crippen LogP contribution in [0.5, 0.6) is 5.75 Å². The van der Waals surface area contributed by atoms with E-state index in [4.69, 9.17) is 44.6 Å². The first kappa shape index (κ1) is 22.1. The molecule has 4 rings (SSSR count). The molecule has 0 aliphatic carbocycles. The van der Waals surface area contributed by atoms with Crippen molar-refractivity contribution in [2.75, 3.05) is 11.5 Å². The van der Waals surface area contributed by atoms with Crippen molar-refractivity contribution in [3.63, 3.8) is 0 Å². The summed E-state index contributed by atoms with van der Waals surface area (Å²) >= 11 is 17.6. The highest BCUT2D eigenvalue weighted by molar-refractivity contribution is 7.80. The highest BCUT2D eigenvalue weighted by atomic mass is 35.5. The Hall–Kier alpha value is -3.13. The average Bonchev–Trinajstić information content (AvgIpc) is 3.22. The van der Waals surface area contributed by atoms with Crippen LogP contribution in [-0.2, 0) is 9.59 Å². The van der Waals surface area contributed by atoms with Crippen LogP contribution in [0.4, 0.5) is 5.69 Å². The van der Waals surface area contributed by atoms with Crippen molar-refractivity contribution in [1.29, 1.82) is 0 Å². The van der Waals surface area contributed by atoms with Crippen molar-refractivity contribution in [1.82, 2.24) is 5.32 Å². The van der Waals surface area contributed by atoms with Crippen LogP contribution in [0.3, 0.4) is 0 Å². The van der Waals surface area contributed by atoms with E-state index in [2.05, 4.69) is 5.32 Å². The first-order chi connectivity index (χ1) is 15.4. The number of anilines is 1. The van der Waals surface area contributed by atoms with Gasteiger partial charge in [0.05, 0.1) is 22.3 Å². The largest absolute Gasteiger partial charge is 0.494 e. The summed E-state index contributed by atoms with van der Waals surface area (Å²) in [6.45, 7) is 2.33. The van der Waals surface area contributed by atoms with Crippen LogP contribution >= 0.6 is 35.4 Å². The molecule has 2 aromatic carbocycles. The van der Waals surface area contributed by atoms with Gasteiger partial charge in [0, 0.05) is 11.6 Å². The molecule has 0 spiro atoms. The standard InChI is InChI=1S/C23H16Cl2N2O4S/c1-2-30-14-6-3-5-13(11-14)27-22(29)17(21(28)26-23(27)32)12-15-9-10-19(31-15)16-7-4-8-18(24)20(16)25/h3-12H,2H2,1H3,(H,26,28,32)/b17-12-. The summed E-state index contributed by atoms with van der Waals surface area (Å²) < 4.78 is 11.3. The van der Waals surface area contributed by atoms with Gasteiger partial charge in [-0.3, -0.25) is 19.8 Å². The lowest BCUT2D eigenvalue weighted by Crippen LogP contribution is -2.54. The Balaban J connectivity index is 1.68. The Morgan fingerprint density at radius 1 is 1.12 bits per heavy atom. The Labute approximate surface area is 199 Å². The fourth-order valence-corrected chi connectivity index (χ4v) is 3.86. The molecule has 0 atom stereocenters. The van der Waals surface area contributed by atoms with Gasteiger partial charge in [0.25, 0.3) is 11.8 Å². The number of furan rings is 1. The quantitative estimate of drug-likeness (QED) is 0.293. The maximum atomic E-state index is 13.2. The third kappa shape index (κ3) is 4.27. The highest BCUT2D eigenvalue weighted by Crippen LogP contribution is 2.35. The third-order valence-corrected chi connectivity index (χ3v) is 5.72. The van der Waals surface area contributed by atoms with Crippen molar-refractivity contribution in [2.24, 2.45) is 0 Å².